The van der Waals surface area contributed by atoms with Crippen LogP contribution in [0.15, 0.2) is 0 Å². The topological polar surface area (TPSA) is 38.0 Å². The minimum atomic E-state index is 0.245. The van der Waals surface area contributed by atoms with Crippen molar-refractivity contribution in [1.29, 1.82) is 0 Å². The van der Waals surface area contributed by atoms with E-state index in [2.05, 4.69) is 12.2 Å². The predicted octanol–water partition coefficient (Wildman–Crippen LogP) is 1.65. The van der Waals surface area contributed by atoms with Gasteiger partial charge in [0.1, 0.15) is 0 Å². The van der Waals surface area contributed by atoms with Crippen molar-refractivity contribution in [2.24, 2.45) is 11.7 Å². The van der Waals surface area contributed by atoms with Crippen LogP contribution in [-0.2, 0) is 0 Å². The Morgan fingerprint density at radius 1 is 1.23 bits per heavy atom. The Kier molecular flexibility index (Phi) is 2.61. The van der Waals surface area contributed by atoms with Gasteiger partial charge < -0.3 is 11.1 Å². The molecule has 2 aliphatic carbocycles. The number of hydrogen-bond acceptors (Lipinski definition) is 2. The van der Waals surface area contributed by atoms with Gasteiger partial charge in [0.25, 0.3) is 0 Å². The van der Waals surface area contributed by atoms with E-state index in [1.807, 2.05) is 0 Å². The first-order valence-electron chi connectivity index (χ1n) is 5.72. The van der Waals surface area contributed by atoms with E-state index in [4.69, 9.17) is 5.73 Å². The molecule has 0 spiro atoms. The van der Waals surface area contributed by atoms with Crippen molar-refractivity contribution < 1.29 is 0 Å². The first-order chi connectivity index (χ1) is 6.24. The first-order valence-corrected chi connectivity index (χ1v) is 5.72. The molecule has 0 radical (unpaired) electrons. The summed E-state index contributed by atoms with van der Waals surface area (Å²) in [6.45, 7) is 3.11. The fraction of sp³-hybridized carbons (Fsp3) is 1.00. The molecule has 2 rings (SSSR count). The summed E-state index contributed by atoms with van der Waals surface area (Å²) in [7, 11) is 0. The molecule has 3 N–H and O–H groups in total. The van der Waals surface area contributed by atoms with Crippen LogP contribution in [0.2, 0.25) is 0 Å². The number of nitrogens with two attached hydrogens (primary N) is 1. The molecule has 0 aliphatic heterocycles. The number of nitrogens with one attached hydrogen (secondary N) is 1. The lowest BCUT2D eigenvalue weighted by molar-refractivity contribution is 0.280. The van der Waals surface area contributed by atoms with Gasteiger partial charge >= 0.3 is 0 Å². The van der Waals surface area contributed by atoms with E-state index in [1.54, 1.807) is 0 Å². The largest absolute Gasteiger partial charge is 0.329 e. The third-order valence-corrected chi connectivity index (χ3v) is 3.79. The smallest absolute Gasteiger partial charge is 0.0306 e. The molecule has 0 aromatic carbocycles. The maximum Gasteiger partial charge on any atom is 0.0306 e. The molecule has 0 saturated heterocycles. The Bertz CT molecular complexity index is 171. The van der Waals surface area contributed by atoms with Crippen molar-refractivity contribution in [2.75, 3.05) is 6.54 Å². The predicted molar refractivity (Wildman–Crippen MR) is 55.6 cm³/mol. The molecular formula is C11H22N2. The first kappa shape index (κ1) is 9.47. The van der Waals surface area contributed by atoms with Crippen molar-refractivity contribution in [3.05, 3.63) is 0 Å². The van der Waals surface area contributed by atoms with E-state index in [1.165, 1.54) is 38.5 Å². The van der Waals surface area contributed by atoms with Gasteiger partial charge in [-0.1, -0.05) is 12.8 Å². The molecule has 2 fully saturated rings. The van der Waals surface area contributed by atoms with Crippen LogP contribution in [0, 0.1) is 5.92 Å². The summed E-state index contributed by atoms with van der Waals surface area (Å²) in [6, 6.07) is 0.758. The highest BCUT2D eigenvalue weighted by molar-refractivity contribution is 5.00. The maximum atomic E-state index is 5.86. The Hall–Kier alpha value is -0.0800. The standard InChI is InChI=1S/C11H22N2/c1-11(8-12,9-6-7-9)13-10-4-2-3-5-10/h9-10,13H,2-8,12H2,1H3. The van der Waals surface area contributed by atoms with Gasteiger partial charge in [-0.2, -0.15) is 0 Å². The quantitative estimate of drug-likeness (QED) is 0.693. The number of hydrogen-bond donors (Lipinski definition) is 2. The van der Waals surface area contributed by atoms with Gasteiger partial charge in [-0.05, 0) is 38.5 Å². The normalized spacial score (nSPS) is 29.1. The van der Waals surface area contributed by atoms with Crippen molar-refractivity contribution in [1.82, 2.24) is 5.32 Å². The third-order valence-electron chi connectivity index (χ3n) is 3.79. The highest BCUT2D eigenvalue weighted by Gasteiger charge is 2.41. The van der Waals surface area contributed by atoms with E-state index >= 15 is 0 Å². The lowest BCUT2D eigenvalue weighted by Gasteiger charge is -2.33. The van der Waals surface area contributed by atoms with Crippen molar-refractivity contribution in [3.63, 3.8) is 0 Å². The van der Waals surface area contributed by atoms with E-state index in [9.17, 15) is 0 Å². The average Bonchev–Trinajstić information content (AvgIpc) is 2.88. The second kappa shape index (κ2) is 3.58. The molecule has 0 bridgehead atoms. The molecule has 0 aromatic heterocycles. The summed E-state index contributed by atoms with van der Waals surface area (Å²) in [5.41, 5.74) is 6.11. The molecule has 0 heterocycles. The molecule has 2 nitrogen and oxygen atoms in total. The van der Waals surface area contributed by atoms with Gasteiger partial charge in [-0.3, -0.25) is 0 Å². The molecule has 1 atom stereocenters. The molecule has 0 amide bonds. The number of rotatable bonds is 4. The zero-order valence-corrected chi connectivity index (χ0v) is 8.68. The average molecular weight is 182 g/mol. The summed E-state index contributed by atoms with van der Waals surface area (Å²) >= 11 is 0. The summed E-state index contributed by atoms with van der Waals surface area (Å²) in [5.74, 6) is 0.859. The van der Waals surface area contributed by atoms with Crippen LogP contribution in [-0.4, -0.2) is 18.1 Å². The Morgan fingerprint density at radius 3 is 2.31 bits per heavy atom. The van der Waals surface area contributed by atoms with Gasteiger partial charge in [0.05, 0.1) is 0 Å². The molecular weight excluding hydrogens is 160 g/mol. The molecule has 13 heavy (non-hydrogen) atoms. The molecule has 2 aliphatic rings. The second-order valence-corrected chi connectivity index (χ2v) is 5.02. The van der Waals surface area contributed by atoms with Crippen molar-refractivity contribution >= 4 is 0 Å². The highest BCUT2D eigenvalue weighted by atomic mass is 15.0. The van der Waals surface area contributed by atoms with Crippen molar-refractivity contribution in [2.45, 2.75) is 57.0 Å². The van der Waals surface area contributed by atoms with Gasteiger partial charge in [0, 0.05) is 18.1 Å². The Balaban J connectivity index is 1.88. The van der Waals surface area contributed by atoms with Crippen LogP contribution in [0.4, 0.5) is 0 Å². The molecule has 1 unspecified atom stereocenters. The molecule has 76 valence electrons. The third kappa shape index (κ3) is 2.05. The van der Waals surface area contributed by atoms with Crippen LogP contribution in [0.1, 0.15) is 45.4 Å². The Morgan fingerprint density at radius 2 is 1.85 bits per heavy atom. The molecule has 0 aromatic rings. The van der Waals surface area contributed by atoms with Crippen LogP contribution >= 0.6 is 0 Å². The monoisotopic (exact) mass is 182 g/mol. The summed E-state index contributed by atoms with van der Waals surface area (Å²) in [4.78, 5) is 0. The van der Waals surface area contributed by atoms with Crippen LogP contribution < -0.4 is 11.1 Å². The van der Waals surface area contributed by atoms with E-state index < -0.39 is 0 Å². The van der Waals surface area contributed by atoms with Crippen molar-refractivity contribution in [3.8, 4) is 0 Å². The minimum Gasteiger partial charge on any atom is -0.329 e. The molecule has 2 saturated carbocycles. The fourth-order valence-corrected chi connectivity index (χ4v) is 2.60. The van der Waals surface area contributed by atoms with Gasteiger partial charge in [-0.25, -0.2) is 0 Å². The molecule has 2 heteroatoms. The van der Waals surface area contributed by atoms with E-state index in [0.29, 0.717) is 0 Å². The SMILES string of the molecule is CC(CN)(NC1CCCC1)C1CC1. The summed E-state index contributed by atoms with van der Waals surface area (Å²) in [6.07, 6.45) is 8.30. The van der Waals surface area contributed by atoms with Gasteiger partial charge in [-0.15, -0.1) is 0 Å². The maximum absolute atomic E-state index is 5.86. The van der Waals surface area contributed by atoms with Crippen LogP contribution in [0.25, 0.3) is 0 Å². The van der Waals surface area contributed by atoms with Crippen LogP contribution in [0.5, 0.6) is 0 Å². The Labute approximate surface area is 81.3 Å². The lowest BCUT2D eigenvalue weighted by Crippen LogP contribution is -2.54. The highest BCUT2D eigenvalue weighted by Crippen LogP contribution is 2.40. The van der Waals surface area contributed by atoms with Crippen LogP contribution in [0.3, 0.4) is 0 Å². The minimum absolute atomic E-state index is 0.245. The zero-order valence-electron chi connectivity index (χ0n) is 8.68. The second-order valence-electron chi connectivity index (χ2n) is 5.02. The fourth-order valence-electron chi connectivity index (χ4n) is 2.60. The summed E-state index contributed by atoms with van der Waals surface area (Å²) in [5, 5.41) is 3.78. The van der Waals surface area contributed by atoms with E-state index in [-0.39, 0.29) is 5.54 Å². The van der Waals surface area contributed by atoms with Gasteiger partial charge in [0.15, 0.2) is 0 Å². The summed E-state index contributed by atoms with van der Waals surface area (Å²) < 4.78 is 0. The zero-order chi connectivity index (χ0) is 9.31. The lowest BCUT2D eigenvalue weighted by atomic mass is 9.94. The van der Waals surface area contributed by atoms with E-state index in [0.717, 1.165) is 18.5 Å². The van der Waals surface area contributed by atoms with Gasteiger partial charge in [0.2, 0.25) is 0 Å².